The third kappa shape index (κ3) is 3.46. The van der Waals surface area contributed by atoms with E-state index >= 15 is 0 Å². The molecule has 0 saturated carbocycles. The molecule has 2 bridgehead atoms. The average molecular weight is 357 g/mol. The minimum absolute atomic E-state index is 0.0269. The topological polar surface area (TPSA) is 45.2 Å². The number of nitrogens with one attached hydrogen (secondary N) is 1. The lowest BCUT2D eigenvalue weighted by Crippen LogP contribution is -2.64. The predicted octanol–water partition coefficient (Wildman–Crippen LogP) is 2.80. The van der Waals surface area contributed by atoms with Gasteiger partial charge in [0, 0.05) is 36.1 Å². The SMILES string of the molecule is O=C(N[C@H]1C2CCN(CC2)[C@@H]1Cc1cccnc1)c1cc(F)cc(F)c1. The number of amides is 1. The smallest absolute Gasteiger partial charge is 0.251 e. The Bertz CT molecular complexity index is 771. The number of pyridine rings is 1. The van der Waals surface area contributed by atoms with Crippen LogP contribution in [0.15, 0.2) is 42.7 Å². The number of carbonyl (C=O) groups is 1. The number of benzene rings is 1. The normalized spacial score (nSPS) is 27.3. The Kier molecular flexibility index (Phi) is 4.68. The average Bonchev–Trinajstić information content (AvgIpc) is 2.64. The molecular weight excluding hydrogens is 336 g/mol. The van der Waals surface area contributed by atoms with Gasteiger partial charge in [-0.05, 0) is 62.0 Å². The van der Waals surface area contributed by atoms with E-state index in [1.807, 2.05) is 18.3 Å². The number of aromatic nitrogens is 1. The van der Waals surface area contributed by atoms with E-state index in [0.29, 0.717) is 5.92 Å². The van der Waals surface area contributed by atoms with Crippen LogP contribution < -0.4 is 5.32 Å². The zero-order valence-electron chi connectivity index (χ0n) is 14.4. The lowest BCUT2D eigenvalue weighted by Gasteiger charge is -2.51. The first kappa shape index (κ1) is 17.1. The summed E-state index contributed by atoms with van der Waals surface area (Å²) in [6, 6.07) is 7.03. The number of carbonyl (C=O) groups excluding carboxylic acids is 1. The van der Waals surface area contributed by atoms with E-state index in [-0.39, 0.29) is 17.6 Å². The van der Waals surface area contributed by atoms with Crippen LogP contribution in [0, 0.1) is 17.6 Å². The van der Waals surface area contributed by atoms with Gasteiger partial charge in [-0.1, -0.05) is 6.07 Å². The number of rotatable bonds is 4. The van der Waals surface area contributed by atoms with Crippen molar-refractivity contribution in [2.24, 2.45) is 5.92 Å². The number of nitrogens with zero attached hydrogens (tertiary/aromatic N) is 2. The summed E-state index contributed by atoms with van der Waals surface area (Å²) in [5, 5.41) is 3.06. The van der Waals surface area contributed by atoms with Gasteiger partial charge < -0.3 is 5.32 Å². The zero-order chi connectivity index (χ0) is 18.1. The van der Waals surface area contributed by atoms with E-state index in [2.05, 4.69) is 15.2 Å². The van der Waals surface area contributed by atoms with Gasteiger partial charge in [0.2, 0.25) is 0 Å². The van der Waals surface area contributed by atoms with Crippen LogP contribution in [-0.4, -0.2) is 41.0 Å². The molecule has 2 aromatic rings. The zero-order valence-corrected chi connectivity index (χ0v) is 14.4. The number of piperidine rings is 3. The molecule has 3 aliphatic rings. The van der Waals surface area contributed by atoms with Gasteiger partial charge in [-0.25, -0.2) is 8.78 Å². The third-order valence-corrected chi connectivity index (χ3v) is 5.56. The van der Waals surface area contributed by atoms with Crippen molar-refractivity contribution >= 4 is 5.91 Å². The van der Waals surface area contributed by atoms with Crippen molar-refractivity contribution in [1.29, 1.82) is 0 Å². The molecule has 136 valence electrons. The van der Waals surface area contributed by atoms with Gasteiger partial charge in [-0.3, -0.25) is 14.7 Å². The van der Waals surface area contributed by atoms with Crippen LogP contribution in [0.1, 0.15) is 28.8 Å². The highest BCUT2D eigenvalue weighted by atomic mass is 19.1. The van der Waals surface area contributed by atoms with Crippen LogP contribution in [0.3, 0.4) is 0 Å². The Labute approximate surface area is 151 Å². The Balaban J connectivity index is 1.55. The van der Waals surface area contributed by atoms with Crippen LogP contribution in [0.25, 0.3) is 0 Å². The summed E-state index contributed by atoms with van der Waals surface area (Å²) in [4.78, 5) is 19.2. The highest BCUT2D eigenvalue weighted by molar-refractivity contribution is 5.94. The van der Waals surface area contributed by atoms with Crippen molar-refractivity contribution in [3.05, 3.63) is 65.5 Å². The molecular formula is C20H21F2N3O. The molecule has 3 aliphatic heterocycles. The fourth-order valence-corrected chi connectivity index (χ4v) is 4.30. The van der Waals surface area contributed by atoms with Crippen molar-refractivity contribution in [3.63, 3.8) is 0 Å². The molecule has 0 aliphatic carbocycles. The van der Waals surface area contributed by atoms with Gasteiger partial charge in [0.15, 0.2) is 0 Å². The molecule has 1 N–H and O–H groups in total. The summed E-state index contributed by atoms with van der Waals surface area (Å²) in [6.45, 7) is 2.05. The summed E-state index contributed by atoms with van der Waals surface area (Å²) < 4.78 is 26.9. The quantitative estimate of drug-likeness (QED) is 0.915. The van der Waals surface area contributed by atoms with Gasteiger partial charge in [0.25, 0.3) is 5.91 Å². The minimum Gasteiger partial charge on any atom is -0.347 e. The number of fused-ring (bicyclic) bond motifs is 3. The predicted molar refractivity (Wildman–Crippen MR) is 93.6 cm³/mol. The Morgan fingerprint density at radius 1 is 1.19 bits per heavy atom. The van der Waals surface area contributed by atoms with Crippen molar-refractivity contribution in [2.45, 2.75) is 31.3 Å². The van der Waals surface area contributed by atoms with E-state index in [1.165, 1.54) is 0 Å². The summed E-state index contributed by atoms with van der Waals surface area (Å²) in [5.41, 5.74) is 1.15. The maximum atomic E-state index is 13.4. The molecule has 4 nitrogen and oxygen atoms in total. The summed E-state index contributed by atoms with van der Waals surface area (Å²) >= 11 is 0. The summed E-state index contributed by atoms with van der Waals surface area (Å²) in [6.07, 6.45) is 6.46. The first-order chi connectivity index (χ1) is 12.6. The van der Waals surface area contributed by atoms with E-state index in [4.69, 9.17) is 0 Å². The second-order valence-electron chi connectivity index (χ2n) is 7.16. The van der Waals surface area contributed by atoms with Crippen molar-refractivity contribution in [3.8, 4) is 0 Å². The molecule has 0 unspecified atom stereocenters. The second-order valence-corrected chi connectivity index (χ2v) is 7.16. The number of hydrogen-bond donors (Lipinski definition) is 1. The first-order valence-electron chi connectivity index (χ1n) is 9.00. The van der Waals surface area contributed by atoms with Gasteiger partial charge in [-0.15, -0.1) is 0 Å². The van der Waals surface area contributed by atoms with Crippen molar-refractivity contribution in [1.82, 2.24) is 15.2 Å². The number of hydrogen-bond acceptors (Lipinski definition) is 3. The van der Waals surface area contributed by atoms with Gasteiger partial charge >= 0.3 is 0 Å². The monoisotopic (exact) mass is 357 g/mol. The van der Waals surface area contributed by atoms with Crippen LogP contribution in [0.2, 0.25) is 0 Å². The maximum absolute atomic E-state index is 13.4. The van der Waals surface area contributed by atoms with E-state index in [0.717, 1.165) is 56.1 Å². The fraction of sp³-hybridized carbons (Fsp3) is 0.400. The second kappa shape index (κ2) is 7.11. The maximum Gasteiger partial charge on any atom is 0.251 e. The highest BCUT2D eigenvalue weighted by Gasteiger charge is 2.42. The molecule has 3 fully saturated rings. The van der Waals surface area contributed by atoms with Gasteiger partial charge in [0.1, 0.15) is 11.6 Å². The molecule has 0 radical (unpaired) electrons. The molecule has 26 heavy (non-hydrogen) atoms. The first-order valence-corrected chi connectivity index (χ1v) is 9.00. The lowest BCUT2D eigenvalue weighted by atomic mass is 9.76. The molecule has 4 heterocycles. The Morgan fingerprint density at radius 3 is 2.58 bits per heavy atom. The number of halogens is 2. The molecule has 1 amide bonds. The van der Waals surface area contributed by atoms with E-state index in [1.54, 1.807) is 6.20 Å². The minimum atomic E-state index is -0.740. The van der Waals surface area contributed by atoms with Crippen molar-refractivity contribution in [2.75, 3.05) is 13.1 Å². The molecule has 0 spiro atoms. The van der Waals surface area contributed by atoms with Crippen LogP contribution >= 0.6 is 0 Å². The summed E-state index contributed by atoms with van der Waals surface area (Å²) in [5.74, 6) is -1.51. The van der Waals surface area contributed by atoms with Crippen LogP contribution in [0.5, 0.6) is 0 Å². The Hall–Kier alpha value is -2.34. The van der Waals surface area contributed by atoms with Crippen LogP contribution in [0.4, 0.5) is 8.78 Å². The van der Waals surface area contributed by atoms with Crippen molar-refractivity contribution < 1.29 is 13.6 Å². The van der Waals surface area contributed by atoms with Gasteiger partial charge in [-0.2, -0.15) is 0 Å². The standard InChI is InChI=1S/C20H21F2N3O/c21-16-9-15(10-17(22)11-16)20(26)24-19-14-3-6-25(7-4-14)18(19)8-13-2-1-5-23-12-13/h1-2,5,9-12,14,18-19H,3-4,6-8H2,(H,24,26)/t18-,19+/m1/s1. The van der Waals surface area contributed by atoms with E-state index in [9.17, 15) is 13.6 Å². The highest BCUT2D eigenvalue weighted by Crippen LogP contribution is 2.34. The molecule has 1 aromatic carbocycles. The molecule has 3 saturated heterocycles. The van der Waals surface area contributed by atoms with Crippen LogP contribution in [-0.2, 0) is 6.42 Å². The Morgan fingerprint density at radius 2 is 1.92 bits per heavy atom. The largest absolute Gasteiger partial charge is 0.347 e. The van der Waals surface area contributed by atoms with Gasteiger partial charge in [0.05, 0.1) is 0 Å². The molecule has 2 atom stereocenters. The third-order valence-electron chi connectivity index (χ3n) is 5.56. The fourth-order valence-electron chi connectivity index (χ4n) is 4.30. The molecule has 6 heteroatoms. The van der Waals surface area contributed by atoms with E-state index < -0.39 is 17.5 Å². The summed E-state index contributed by atoms with van der Waals surface area (Å²) in [7, 11) is 0. The molecule has 5 rings (SSSR count). The lowest BCUT2D eigenvalue weighted by molar-refractivity contribution is 0.0136. The molecule has 1 aromatic heterocycles.